The number of rotatable bonds is 3. The second kappa shape index (κ2) is 5.70. The molecule has 0 radical (unpaired) electrons. The first kappa shape index (κ1) is 14.0. The third-order valence-corrected chi connectivity index (χ3v) is 4.91. The molecule has 2 rings (SSSR count). The van der Waals surface area contributed by atoms with Crippen LogP contribution in [0.25, 0.3) is 0 Å². The number of hydrogen-bond donors (Lipinski definition) is 2. The van der Waals surface area contributed by atoms with Gasteiger partial charge in [-0.3, -0.25) is 0 Å². The first-order chi connectivity index (χ1) is 9.04. The molecule has 1 aliphatic heterocycles. The van der Waals surface area contributed by atoms with Crippen molar-refractivity contribution in [3.63, 3.8) is 0 Å². The lowest BCUT2D eigenvalue weighted by atomic mass is 10.0. The SMILES string of the molecule is CC1NCCCC1NS(=O)(=O)c1ccccc1C#N. The van der Waals surface area contributed by atoms with Gasteiger partial charge < -0.3 is 5.32 Å². The maximum Gasteiger partial charge on any atom is 0.242 e. The molecule has 1 heterocycles. The molecule has 1 fully saturated rings. The first-order valence-electron chi connectivity index (χ1n) is 6.29. The molecule has 102 valence electrons. The number of sulfonamides is 1. The third kappa shape index (κ3) is 3.13. The van der Waals surface area contributed by atoms with Gasteiger partial charge >= 0.3 is 0 Å². The minimum Gasteiger partial charge on any atom is -0.313 e. The topological polar surface area (TPSA) is 82.0 Å². The van der Waals surface area contributed by atoms with E-state index in [9.17, 15) is 8.42 Å². The number of piperidine rings is 1. The number of benzene rings is 1. The van der Waals surface area contributed by atoms with Gasteiger partial charge in [0.2, 0.25) is 10.0 Å². The number of nitriles is 1. The van der Waals surface area contributed by atoms with Gasteiger partial charge in [0.25, 0.3) is 0 Å². The summed E-state index contributed by atoms with van der Waals surface area (Å²) in [7, 11) is -3.65. The molecule has 0 bridgehead atoms. The van der Waals surface area contributed by atoms with Crippen LogP contribution in [0.2, 0.25) is 0 Å². The standard InChI is InChI=1S/C13H17N3O2S/c1-10-12(6-4-8-15-10)16-19(17,18)13-7-3-2-5-11(13)9-14/h2-3,5,7,10,12,15-16H,4,6,8H2,1H3. The molecule has 1 aliphatic rings. The minimum atomic E-state index is -3.65. The maximum absolute atomic E-state index is 12.3. The van der Waals surface area contributed by atoms with Crippen molar-refractivity contribution in [2.45, 2.75) is 36.7 Å². The third-order valence-electron chi connectivity index (χ3n) is 3.37. The molecular formula is C13H17N3O2S. The largest absolute Gasteiger partial charge is 0.313 e. The zero-order valence-corrected chi connectivity index (χ0v) is 11.6. The second-order valence-corrected chi connectivity index (χ2v) is 6.40. The molecule has 5 nitrogen and oxygen atoms in total. The number of hydrogen-bond acceptors (Lipinski definition) is 4. The van der Waals surface area contributed by atoms with Crippen molar-refractivity contribution < 1.29 is 8.42 Å². The molecule has 1 aromatic rings. The van der Waals surface area contributed by atoms with Crippen molar-refractivity contribution in [2.75, 3.05) is 6.54 Å². The highest BCUT2D eigenvalue weighted by molar-refractivity contribution is 7.89. The summed E-state index contributed by atoms with van der Waals surface area (Å²) in [6, 6.07) is 8.13. The molecule has 2 unspecified atom stereocenters. The van der Waals surface area contributed by atoms with E-state index in [2.05, 4.69) is 10.0 Å². The Morgan fingerprint density at radius 3 is 2.84 bits per heavy atom. The van der Waals surface area contributed by atoms with Crippen LogP contribution >= 0.6 is 0 Å². The van der Waals surface area contributed by atoms with Crippen molar-refractivity contribution >= 4 is 10.0 Å². The molecule has 0 aromatic heterocycles. The zero-order valence-electron chi connectivity index (χ0n) is 10.8. The molecule has 1 saturated heterocycles. The molecule has 19 heavy (non-hydrogen) atoms. The van der Waals surface area contributed by atoms with E-state index in [1.165, 1.54) is 12.1 Å². The van der Waals surface area contributed by atoms with Gasteiger partial charge in [0.05, 0.1) is 10.5 Å². The molecule has 2 N–H and O–H groups in total. The average Bonchev–Trinajstić information content (AvgIpc) is 2.41. The molecule has 6 heteroatoms. The van der Waals surface area contributed by atoms with E-state index < -0.39 is 10.0 Å². The van der Waals surface area contributed by atoms with Crippen LogP contribution in [-0.2, 0) is 10.0 Å². The minimum absolute atomic E-state index is 0.0512. The molecule has 1 aromatic carbocycles. The Morgan fingerprint density at radius 2 is 2.16 bits per heavy atom. The number of nitrogens with zero attached hydrogens (tertiary/aromatic N) is 1. The molecule has 0 amide bonds. The van der Waals surface area contributed by atoms with Gasteiger partial charge in [-0.15, -0.1) is 0 Å². The van der Waals surface area contributed by atoms with E-state index >= 15 is 0 Å². The first-order valence-corrected chi connectivity index (χ1v) is 7.78. The Bertz CT molecular complexity index is 592. The lowest BCUT2D eigenvalue weighted by Gasteiger charge is -2.30. The van der Waals surface area contributed by atoms with Crippen LogP contribution in [0.1, 0.15) is 25.3 Å². The van der Waals surface area contributed by atoms with E-state index in [-0.39, 0.29) is 22.5 Å². The van der Waals surface area contributed by atoms with Crippen LogP contribution < -0.4 is 10.0 Å². The van der Waals surface area contributed by atoms with Gasteiger partial charge in [0, 0.05) is 12.1 Å². The lowest BCUT2D eigenvalue weighted by Crippen LogP contribution is -2.51. The van der Waals surface area contributed by atoms with E-state index in [0.29, 0.717) is 0 Å². The Kier molecular flexibility index (Phi) is 4.20. The van der Waals surface area contributed by atoms with Gasteiger partial charge in [0.1, 0.15) is 6.07 Å². The lowest BCUT2D eigenvalue weighted by molar-refractivity contribution is 0.349. The Labute approximate surface area is 113 Å². The predicted octanol–water partition coefficient (Wildman–Crippen LogP) is 0.977. The highest BCUT2D eigenvalue weighted by atomic mass is 32.2. The quantitative estimate of drug-likeness (QED) is 0.864. The van der Waals surface area contributed by atoms with Crippen molar-refractivity contribution in [1.82, 2.24) is 10.0 Å². The Morgan fingerprint density at radius 1 is 1.42 bits per heavy atom. The van der Waals surface area contributed by atoms with Crippen LogP contribution in [0.15, 0.2) is 29.2 Å². The van der Waals surface area contributed by atoms with Crippen molar-refractivity contribution in [3.8, 4) is 6.07 Å². The fraction of sp³-hybridized carbons (Fsp3) is 0.462. The summed E-state index contributed by atoms with van der Waals surface area (Å²) in [5.41, 5.74) is 0.173. The summed E-state index contributed by atoms with van der Waals surface area (Å²) < 4.78 is 27.4. The predicted molar refractivity (Wildman–Crippen MR) is 72.0 cm³/mol. The summed E-state index contributed by atoms with van der Waals surface area (Å²) in [6.45, 7) is 2.87. The van der Waals surface area contributed by atoms with Crippen LogP contribution in [-0.4, -0.2) is 27.0 Å². The number of nitrogens with one attached hydrogen (secondary N) is 2. The van der Waals surface area contributed by atoms with E-state index in [4.69, 9.17) is 5.26 Å². The fourth-order valence-electron chi connectivity index (χ4n) is 2.26. The van der Waals surface area contributed by atoms with Crippen LogP contribution in [0, 0.1) is 11.3 Å². The molecule has 0 spiro atoms. The van der Waals surface area contributed by atoms with Gasteiger partial charge in [-0.25, -0.2) is 13.1 Å². The van der Waals surface area contributed by atoms with Crippen molar-refractivity contribution in [2.24, 2.45) is 0 Å². The van der Waals surface area contributed by atoms with Crippen LogP contribution in [0.5, 0.6) is 0 Å². The highest BCUT2D eigenvalue weighted by Crippen LogP contribution is 2.17. The van der Waals surface area contributed by atoms with Crippen molar-refractivity contribution in [1.29, 1.82) is 5.26 Å². The molecular weight excluding hydrogens is 262 g/mol. The smallest absolute Gasteiger partial charge is 0.242 e. The summed E-state index contributed by atoms with van der Waals surface area (Å²) in [5.74, 6) is 0. The molecule has 2 atom stereocenters. The molecule has 0 saturated carbocycles. The normalized spacial score (nSPS) is 23.8. The van der Waals surface area contributed by atoms with Crippen molar-refractivity contribution in [3.05, 3.63) is 29.8 Å². The van der Waals surface area contributed by atoms with Crippen LogP contribution in [0.4, 0.5) is 0 Å². The fourth-order valence-corrected chi connectivity index (χ4v) is 3.77. The summed E-state index contributed by atoms with van der Waals surface area (Å²) in [6.07, 6.45) is 1.75. The monoisotopic (exact) mass is 279 g/mol. The Balaban J connectivity index is 2.25. The van der Waals surface area contributed by atoms with Gasteiger partial charge in [-0.1, -0.05) is 12.1 Å². The summed E-state index contributed by atoms with van der Waals surface area (Å²) in [4.78, 5) is 0.0512. The summed E-state index contributed by atoms with van der Waals surface area (Å²) >= 11 is 0. The van der Waals surface area contributed by atoms with E-state index in [0.717, 1.165) is 19.4 Å². The highest BCUT2D eigenvalue weighted by Gasteiger charge is 2.27. The van der Waals surface area contributed by atoms with E-state index in [1.807, 2.05) is 13.0 Å². The summed E-state index contributed by atoms with van der Waals surface area (Å²) in [5, 5.41) is 12.2. The van der Waals surface area contributed by atoms with Gasteiger partial charge in [0.15, 0.2) is 0 Å². The Hall–Kier alpha value is -1.42. The second-order valence-electron chi connectivity index (χ2n) is 4.72. The zero-order chi connectivity index (χ0) is 13.9. The molecule has 0 aliphatic carbocycles. The van der Waals surface area contributed by atoms with E-state index in [1.54, 1.807) is 12.1 Å². The van der Waals surface area contributed by atoms with Gasteiger partial charge in [-0.2, -0.15) is 5.26 Å². The maximum atomic E-state index is 12.3. The van der Waals surface area contributed by atoms with Crippen LogP contribution in [0.3, 0.4) is 0 Å². The average molecular weight is 279 g/mol. The van der Waals surface area contributed by atoms with Gasteiger partial charge in [-0.05, 0) is 38.4 Å².